The van der Waals surface area contributed by atoms with Crippen molar-refractivity contribution in [3.05, 3.63) is 64.9 Å². The van der Waals surface area contributed by atoms with Crippen molar-refractivity contribution in [2.75, 3.05) is 6.54 Å². The lowest BCUT2D eigenvalue weighted by atomic mass is 10.1. The summed E-state index contributed by atoms with van der Waals surface area (Å²) in [5.74, 6) is 0.321. The monoisotopic (exact) mass is 366 g/mol. The highest BCUT2D eigenvalue weighted by molar-refractivity contribution is 9.11. The second-order valence-corrected chi connectivity index (χ2v) is 5.85. The molecule has 0 aliphatic carbocycles. The van der Waals surface area contributed by atoms with Crippen LogP contribution in [0.25, 0.3) is 0 Å². The number of halogens is 2. The van der Waals surface area contributed by atoms with Gasteiger partial charge >= 0.3 is 6.03 Å². The van der Waals surface area contributed by atoms with Gasteiger partial charge in [0, 0.05) is 23.9 Å². The first-order valence-corrected chi connectivity index (χ1v) is 7.37. The average Bonchev–Trinajstić information content (AvgIpc) is 2.90. The number of nitrogens with zero attached hydrogens (tertiary/aromatic N) is 2. The minimum Gasteiger partial charge on any atom is -0.336 e. The average molecular weight is 367 g/mol. The van der Waals surface area contributed by atoms with Crippen LogP contribution in [0.3, 0.4) is 0 Å². The Kier molecular flexibility index (Phi) is 5.32. The van der Waals surface area contributed by atoms with Crippen LogP contribution in [0.2, 0.25) is 0 Å². The summed E-state index contributed by atoms with van der Waals surface area (Å²) in [7, 11) is 1.83. The van der Waals surface area contributed by atoms with Gasteiger partial charge < -0.3 is 15.2 Å². The summed E-state index contributed by atoms with van der Waals surface area (Å²) in [6, 6.07) is 5.11. The van der Waals surface area contributed by atoms with E-state index >= 15 is 0 Å². The van der Waals surface area contributed by atoms with Crippen LogP contribution in [-0.4, -0.2) is 22.1 Å². The number of carbonyl (C=O) groups is 1. The molecule has 0 fully saturated rings. The van der Waals surface area contributed by atoms with Crippen molar-refractivity contribution in [3.8, 4) is 0 Å². The molecule has 2 aromatic rings. The Labute approximate surface area is 136 Å². The number of benzene rings is 1. The van der Waals surface area contributed by atoms with Gasteiger partial charge in [-0.05, 0) is 17.7 Å². The van der Waals surface area contributed by atoms with Gasteiger partial charge in [-0.15, -0.1) is 0 Å². The van der Waals surface area contributed by atoms with Crippen molar-refractivity contribution in [2.24, 2.45) is 7.05 Å². The number of aromatic nitrogens is 2. The molecule has 0 aliphatic rings. The Balaban J connectivity index is 2.23. The highest BCUT2D eigenvalue weighted by Crippen LogP contribution is 2.20. The second-order valence-electron chi connectivity index (χ2n) is 4.73. The van der Waals surface area contributed by atoms with E-state index < -0.39 is 6.04 Å². The number of hydrogen-bond donors (Lipinski definition) is 2. The lowest BCUT2D eigenvalue weighted by Gasteiger charge is -2.19. The van der Waals surface area contributed by atoms with E-state index in [0.29, 0.717) is 16.9 Å². The minimum absolute atomic E-state index is 0.308. The predicted octanol–water partition coefficient (Wildman–Crippen LogP) is 2.86. The van der Waals surface area contributed by atoms with Gasteiger partial charge in [0.25, 0.3) is 0 Å². The third-order valence-electron chi connectivity index (χ3n) is 3.04. The van der Waals surface area contributed by atoms with Crippen LogP contribution in [0.15, 0.2) is 47.7 Å². The molecule has 0 spiro atoms. The highest BCUT2D eigenvalue weighted by Gasteiger charge is 2.20. The van der Waals surface area contributed by atoms with E-state index in [9.17, 15) is 9.18 Å². The molecule has 0 saturated carbocycles. The van der Waals surface area contributed by atoms with Crippen molar-refractivity contribution in [1.29, 1.82) is 0 Å². The molecule has 2 N–H and O–H groups in total. The van der Waals surface area contributed by atoms with E-state index in [1.807, 2.05) is 7.05 Å². The lowest BCUT2D eigenvalue weighted by Crippen LogP contribution is -2.39. The molecular weight excluding hydrogens is 351 g/mol. The van der Waals surface area contributed by atoms with Crippen LogP contribution in [0.5, 0.6) is 0 Å². The molecule has 1 atom stereocenters. The van der Waals surface area contributed by atoms with Crippen molar-refractivity contribution in [1.82, 2.24) is 20.2 Å². The number of amides is 2. The van der Waals surface area contributed by atoms with Crippen LogP contribution >= 0.6 is 15.9 Å². The van der Waals surface area contributed by atoms with Gasteiger partial charge in [-0.3, -0.25) is 0 Å². The molecule has 7 heteroatoms. The molecule has 0 bridgehead atoms. The molecule has 116 valence electrons. The summed E-state index contributed by atoms with van der Waals surface area (Å²) in [6.45, 7) is 3.96. The van der Waals surface area contributed by atoms with Crippen LogP contribution in [0, 0.1) is 5.82 Å². The van der Waals surface area contributed by atoms with Gasteiger partial charge in [0.2, 0.25) is 0 Å². The molecule has 0 saturated heterocycles. The Hall–Kier alpha value is -2.15. The summed E-state index contributed by atoms with van der Waals surface area (Å²) in [6.07, 6.45) is 3.43. The van der Waals surface area contributed by atoms with Gasteiger partial charge in [-0.25, -0.2) is 14.2 Å². The molecular formula is C15H16BrFN4O. The van der Waals surface area contributed by atoms with Crippen molar-refractivity contribution in [2.45, 2.75) is 6.04 Å². The summed E-state index contributed by atoms with van der Waals surface area (Å²) in [4.78, 5) is 16.3. The maximum absolute atomic E-state index is 13.1. The van der Waals surface area contributed by atoms with E-state index in [0.717, 1.165) is 5.56 Å². The Morgan fingerprint density at radius 3 is 2.68 bits per heavy atom. The minimum atomic E-state index is -0.482. The zero-order valence-electron chi connectivity index (χ0n) is 12.0. The first-order valence-electron chi connectivity index (χ1n) is 6.57. The van der Waals surface area contributed by atoms with Gasteiger partial charge in [-0.2, -0.15) is 0 Å². The zero-order chi connectivity index (χ0) is 16.1. The molecule has 0 radical (unpaired) electrons. The highest BCUT2D eigenvalue weighted by atomic mass is 79.9. The van der Waals surface area contributed by atoms with Crippen molar-refractivity contribution in [3.63, 3.8) is 0 Å². The standard InChI is InChI=1S/C15H16BrFN4O/c1-10(16)9-19-15(22)20-13(14-18-7-8-21(14)2)11-3-5-12(17)6-4-11/h3-8,13H,1,9H2,2H3,(H2,19,20,22). The largest absolute Gasteiger partial charge is 0.336 e. The number of nitrogens with one attached hydrogen (secondary N) is 2. The Bertz CT molecular complexity index is 668. The Morgan fingerprint density at radius 1 is 1.45 bits per heavy atom. The van der Waals surface area contributed by atoms with Crippen LogP contribution in [0.4, 0.5) is 9.18 Å². The number of carbonyl (C=O) groups excluding carboxylic acids is 1. The van der Waals surface area contributed by atoms with Crippen LogP contribution in [-0.2, 0) is 7.05 Å². The number of rotatable bonds is 5. The molecule has 22 heavy (non-hydrogen) atoms. The maximum Gasteiger partial charge on any atom is 0.315 e. The first kappa shape index (κ1) is 16.2. The van der Waals surface area contributed by atoms with E-state index in [2.05, 4.69) is 38.1 Å². The fourth-order valence-electron chi connectivity index (χ4n) is 1.97. The number of imidazole rings is 1. The lowest BCUT2D eigenvalue weighted by molar-refractivity contribution is 0.239. The topological polar surface area (TPSA) is 59.0 Å². The summed E-state index contributed by atoms with van der Waals surface area (Å²) >= 11 is 3.18. The normalized spacial score (nSPS) is 11.8. The van der Waals surface area contributed by atoms with Crippen molar-refractivity contribution >= 4 is 22.0 Å². The van der Waals surface area contributed by atoms with E-state index in [1.165, 1.54) is 12.1 Å². The molecule has 0 aliphatic heterocycles. The molecule has 2 amide bonds. The molecule has 1 heterocycles. The van der Waals surface area contributed by atoms with E-state index in [-0.39, 0.29) is 11.8 Å². The summed E-state index contributed by atoms with van der Waals surface area (Å²) in [5.41, 5.74) is 0.739. The van der Waals surface area contributed by atoms with Gasteiger partial charge in [0.05, 0.1) is 6.54 Å². The van der Waals surface area contributed by atoms with Gasteiger partial charge in [-0.1, -0.05) is 34.6 Å². The van der Waals surface area contributed by atoms with E-state index in [1.54, 1.807) is 29.1 Å². The first-order chi connectivity index (χ1) is 10.5. The van der Waals surface area contributed by atoms with Gasteiger partial charge in [0.15, 0.2) is 0 Å². The Morgan fingerprint density at radius 2 is 2.14 bits per heavy atom. The zero-order valence-corrected chi connectivity index (χ0v) is 13.6. The van der Waals surface area contributed by atoms with Crippen LogP contribution < -0.4 is 10.6 Å². The maximum atomic E-state index is 13.1. The number of hydrogen-bond acceptors (Lipinski definition) is 2. The predicted molar refractivity (Wildman–Crippen MR) is 86.1 cm³/mol. The molecule has 1 unspecified atom stereocenters. The SMILES string of the molecule is C=C(Br)CNC(=O)NC(c1ccc(F)cc1)c1nccn1C. The fourth-order valence-corrected chi connectivity index (χ4v) is 2.11. The number of aryl methyl sites for hydroxylation is 1. The third kappa shape index (κ3) is 4.17. The molecule has 5 nitrogen and oxygen atoms in total. The van der Waals surface area contributed by atoms with Crippen LogP contribution in [0.1, 0.15) is 17.4 Å². The fraction of sp³-hybridized carbons (Fsp3) is 0.200. The molecule has 1 aromatic heterocycles. The molecule has 1 aromatic carbocycles. The van der Waals surface area contributed by atoms with Crippen molar-refractivity contribution < 1.29 is 9.18 Å². The number of urea groups is 1. The van der Waals surface area contributed by atoms with Gasteiger partial charge in [0.1, 0.15) is 17.7 Å². The third-order valence-corrected chi connectivity index (χ3v) is 3.32. The smallest absolute Gasteiger partial charge is 0.315 e. The van der Waals surface area contributed by atoms with E-state index in [4.69, 9.17) is 0 Å². The summed E-state index contributed by atoms with van der Waals surface area (Å²) in [5, 5.41) is 5.50. The summed E-state index contributed by atoms with van der Waals surface area (Å²) < 4.78 is 15.6. The quantitative estimate of drug-likeness (QED) is 0.854. The molecule has 2 rings (SSSR count). The second kappa shape index (κ2) is 7.22.